The fourth-order valence-corrected chi connectivity index (χ4v) is 5.64. The van der Waals surface area contributed by atoms with E-state index in [0.29, 0.717) is 12.0 Å². The number of alkyl halides is 3. The molecule has 31 heavy (non-hydrogen) atoms. The van der Waals surface area contributed by atoms with Crippen molar-refractivity contribution in [2.45, 2.75) is 47.9 Å². The third-order valence-corrected chi connectivity index (χ3v) is 7.35. The first kappa shape index (κ1) is 22.6. The minimum atomic E-state index is -4.39. The maximum atomic E-state index is 13.8. The number of benzene rings is 2. The molecule has 1 N–H and O–H groups in total. The van der Waals surface area contributed by atoms with Crippen LogP contribution in [0.15, 0.2) is 46.2 Å². The van der Waals surface area contributed by atoms with Crippen LogP contribution >= 0.6 is 11.8 Å². The Kier molecular flexibility index (Phi) is 6.62. The highest BCUT2D eigenvalue weighted by molar-refractivity contribution is 7.99. The molecule has 1 saturated heterocycles. The molecule has 8 heteroatoms. The van der Waals surface area contributed by atoms with Crippen molar-refractivity contribution in [3.8, 4) is 0 Å². The third-order valence-electron chi connectivity index (χ3n) is 6.19. The summed E-state index contributed by atoms with van der Waals surface area (Å²) in [6.07, 6.45) is -3.31. The first-order valence-electron chi connectivity index (χ1n) is 10.6. The van der Waals surface area contributed by atoms with Crippen LogP contribution in [0.5, 0.6) is 0 Å². The lowest BCUT2D eigenvalue weighted by Crippen LogP contribution is -2.49. The highest BCUT2D eigenvalue weighted by Crippen LogP contribution is 2.49. The largest absolute Gasteiger partial charge is 0.416 e. The van der Waals surface area contributed by atoms with Gasteiger partial charge in [-0.15, -0.1) is 0 Å². The molecule has 0 amide bonds. The van der Waals surface area contributed by atoms with Gasteiger partial charge in [0.2, 0.25) is 0 Å². The fraction of sp³-hybridized carbons (Fsp3) is 0.478. The summed E-state index contributed by atoms with van der Waals surface area (Å²) in [6, 6.07) is 8.46. The molecule has 2 aromatic rings. The van der Waals surface area contributed by atoms with E-state index in [4.69, 9.17) is 0 Å². The molecular formula is C23H26F4N2OS. The van der Waals surface area contributed by atoms with Crippen molar-refractivity contribution in [2.75, 3.05) is 32.7 Å². The standard InChI is InChI=1S/C23H26F4N2OS/c1-15(30)29-11-9-28(10-12-29)8-2-3-18-19-6-5-17(24)14-22(19)31-21-7-4-16(13-20(18)21)23(25,26)27/h4-7,13-15,18,30H,2-3,8-12H2,1H3. The molecule has 4 rings (SSSR count). The summed E-state index contributed by atoms with van der Waals surface area (Å²) in [4.78, 5) is 5.90. The van der Waals surface area contributed by atoms with Gasteiger partial charge in [0.25, 0.3) is 0 Å². The first-order chi connectivity index (χ1) is 14.7. The van der Waals surface area contributed by atoms with Crippen LogP contribution in [0, 0.1) is 5.82 Å². The average molecular weight is 455 g/mol. The average Bonchev–Trinajstić information content (AvgIpc) is 2.72. The van der Waals surface area contributed by atoms with E-state index in [9.17, 15) is 22.7 Å². The lowest BCUT2D eigenvalue weighted by molar-refractivity contribution is -0.137. The van der Waals surface area contributed by atoms with Gasteiger partial charge in [0.15, 0.2) is 0 Å². The van der Waals surface area contributed by atoms with Crippen molar-refractivity contribution in [3.63, 3.8) is 0 Å². The highest BCUT2D eigenvalue weighted by atomic mass is 32.2. The number of hydrogen-bond donors (Lipinski definition) is 1. The van der Waals surface area contributed by atoms with E-state index >= 15 is 0 Å². The molecule has 168 valence electrons. The van der Waals surface area contributed by atoms with E-state index in [1.54, 1.807) is 13.0 Å². The normalized spacial score (nSPS) is 20.9. The summed E-state index contributed by atoms with van der Waals surface area (Å²) in [7, 11) is 0. The maximum absolute atomic E-state index is 13.8. The fourth-order valence-electron chi connectivity index (χ4n) is 4.45. The Morgan fingerprint density at radius 3 is 2.45 bits per heavy atom. The minimum Gasteiger partial charge on any atom is -0.379 e. The van der Waals surface area contributed by atoms with Crippen LogP contribution in [0.4, 0.5) is 17.6 Å². The molecular weight excluding hydrogens is 428 g/mol. The molecule has 1 fully saturated rings. The molecule has 2 heterocycles. The summed E-state index contributed by atoms with van der Waals surface area (Å²) in [6.45, 7) is 5.95. The van der Waals surface area contributed by atoms with Gasteiger partial charge in [-0.3, -0.25) is 4.90 Å². The Morgan fingerprint density at radius 2 is 1.77 bits per heavy atom. The van der Waals surface area contributed by atoms with Gasteiger partial charge in [-0.25, -0.2) is 4.39 Å². The zero-order valence-electron chi connectivity index (χ0n) is 17.3. The van der Waals surface area contributed by atoms with Crippen molar-refractivity contribution in [1.82, 2.24) is 9.80 Å². The van der Waals surface area contributed by atoms with E-state index in [1.165, 1.54) is 36.0 Å². The van der Waals surface area contributed by atoms with Crippen LogP contribution in [0.3, 0.4) is 0 Å². The van der Waals surface area contributed by atoms with Crippen LogP contribution in [0.25, 0.3) is 0 Å². The highest BCUT2D eigenvalue weighted by Gasteiger charge is 2.34. The van der Waals surface area contributed by atoms with Gasteiger partial charge in [-0.1, -0.05) is 17.8 Å². The van der Waals surface area contributed by atoms with Crippen molar-refractivity contribution >= 4 is 11.8 Å². The van der Waals surface area contributed by atoms with Gasteiger partial charge in [0.05, 0.1) is 5.56 Å². The van der Waals surface area contributed by atoms with Crippen LogP contribution in [-0.2, 0) is 6.18 Å². The molecule has 2 aromatic carbocycles. The molecule has 2 aliphatic rings. The molecule has 0 saturated carbocycles. The van der Waals surface area contributed by atoms with E-state index in [0.717, 1.165) is 60.6 Å². The van der Waals surface area contributed by atoms with Gasteiger partial charge in [0.1, 0.15) is 12.0 Å². The van der Waals surface area contributed by atoms with Crippen molar-refractivity contribution < 1.29 is 22.7 Å². The minimum absolute atomic E-state index is 0.187. The number of piperazine rings is 1. The number of fused-ring (bicyclic) bond motifs is 2. The third kappa shape index (κ3) is 5.08. The summed E-state index contributed by atoms with van der Waals surface area (Å²) in [5.74, 6) is -0.524. The van der Waals surface area contributed by atoms with Crippen LogP contribution < -0.4 is 0 Å². The van der Waals surface area contributed by atoms with Crippen LogP contribution in [-0.4, -0.2) is 53.9 Å². The van der Waals surface area contributed by atoms with Gasteiger partial charge in [-0.05, 0) is 67.8 Å². The predicted octanol–water partition coefficient (Wildman–Crippen LogP) is 5.18. The van der Waals surface area contributed by atoms with E-state index in [2.05, 4.69) is 4.90 Å². The van der Waals surface area contributed by atoms with E-state index < -0.39 is 18.0 Å². The van der Waals surface area contributed by atoms with Gasteiger partial charge in [-0.2, -0.15) is 13.2 Å². The second-order valence-corrected chi connectivity index (χ2v) is 9.32. The maximum Gasteiger partial charge on any atom is 0.416 e. The van der Waals surface area contributed by atoms with Crippen LogP contribution in [0.1, 0.15) is 42.4 Å². The molecule has 0 spiro atoms. The predicted molar refractivity (Wildman–Crippen MR) is 113 cm³/mol. The monoisotopic (exact) mass is 454 g/mol. The Hall–Kier alpha value is -1.61. The quantitative estimate of drug-likeness (QED) is 0.630. The zero-order valence-corrected chi connectivity index (χ0v) is 18.1. The summed E-state index contributed by atoms with van der Waals surface area (Å²) in [5.41, 5.74) is 0.937. The van der Waals surface area contributed by atoms with Crippen LogP contribution in [0.2, 0.25) is 0 Å². The lowest BCUT2D eigenvalue weighted by Gasteiger charge is -2.36. The lowest BCUT2D eigenvalue weighted by atomic mass is 9.86. The number of rotatable bonds is 5. The number of aliphatic hydroxyl groups excluding tert-OH is 1. The van der Waals surface area contributed by atoms with Crippen molar-refractivity contribution in [1.29, 1.82) is 0 Å². The second-order valence-electron chi connectivity index (χ2n) is 8.24. The molecule has 0 bridgehead atoms. The molecule has 3 nitrogen and oxygen atoms in total. The Labute approximate surface area is 184 Å². The Morgan fingerprint density at radius 1 is 1.03 bits per heavy atom. The Balaban J connectivity index is 1.51. The Bertz CT molecular complexity index is 926. The molecule has 2 unspecified atom stereocenters. The number of aliphatic hydroxyl groups is 1. The van der Waals surface area contributed by atoms with Gasteiger partial charge >= 0.3 is 6.18 Å². The number of halogens is 4. The second kappa shape index (κ2) is 9.10. The number of hydrogen-bond acceptors (Lipinski definition) is 4. The molecule has 0 aliphatic carbocycles. The zero-order chi connectivity index (χ0) is 22.2. The summed E-state index contributed by atoms with van der Waals surface area (Å²) < 4.78 is 53.8. The smallest absolute Gasteiger partial charge is 0.379 e. The molecule has 2 atom stereocenters. The molecule has 2 aliphatic heterocycles. The summed E-state index contributed by atoms with van der Waals surface area (Å²) in [5, 5.41) is 9.69. The molecule has 0 aromatic heterocycles. The van der Waals surface area contributed by atoms with Gasteiger partial charge in [0, 0.05) is 41.9 Å². The SMILES string of the molecule is CC(O)N1CCN(CCCC2c3ccc(F)cc3Sc3ccc(C(F)(F)F)cc32)CC1. The molecule has 0 radical (unpaired) electrons. The van der Waals surface area contributed by atoms with Gasteiger partial charge < -0.3 is 10.0 Å². The van der Waals surface area contributed by atoms with E-state index in [-0.39, 0.29) is 11.7 Å². The first-order valence-corrected chi connectivity index (χ1v) is 11.4. The summed E-state index contributed by atoms with van der Waals surface area (Å²) >= 11 is 1.34. The topological polar surface area (TPSA) is 26.7 Å². The number of nitrogens with zero attached hydrogens (tertiary/aromatic N) is 2. The van der Waals surface area contributed by atoms with E-state index in [1.807, 2.05) is 4.90 Å². The van der Waals surface area contributed by atoms with Crippen molar-refractivity contribution in [3.05, 3.63) is 58.9 Å². The van der Waals surface area contributed by atoms with Crippen molar-refractivity contribution in [2.24, 2.45) is 0 Å².